The lowest BCUT2D eigenvalue weighted by atomic mass is 9.91. The summed E-state index contributed by atoms with van der Waals surface area (Å²) in [5.74, 6) is -0.0448. The number of benzene rings is 2. The Labute approximate surface area is 202 Å². The molecular weight excluding hydrogens is 536 g/mol. The highest BCUT2D eigenvalue weighted by atomic mass is 127. The number of carbonyl (C=O) groups excluding carboxylic acids is 1. The molecule has 3 aromatic rings. The van der Waals surface area contributed by atoms with Crippen LogP contribution in [-0.4, -0.2) is 30.9 Å². The lowest BCUT2D eigenvalue weighted by Crippen LogP contribution is -2.22. The standard InChI is InChI=1S/C24H29FIN3O2Si/c1-24(19-12-17(25)6-8-21(19)27-14-30)13-20(24)16-5-7-18-22(11-16)29(28-23(18)26)15-31-9-10-32(2,3)4/h5-8,11-12,14,20H,9-10,13,15H2,1-4H3,(H,27,30)/t20-,24+/m0/s1. The van der Waals surface area contributed by atoms with Gasteiger partial charge in [0.15, 0.2) is 0 Å². The van der Waals surface area contributed by atoms with Gasteiger partial charge in [0.1, 0.15) is 16.2 Å². The van der Waals surface area contributed by atoms with Gasteiger partial charge in [0, 0.05) is 31.2 Å². The Hall–Kier alpha value is -1.78. The van der Waals surface area contributed by atoms with Crippen LogP contribution in [0, 0.1) is 9.52 Å². The fourth-order valence-electron chi connectivity index (χ4n) is 4.32. The van der Waals surface area contributed by atoms with Crippen molar-refractivity contribution in [3.8, 4) is 0 Å². The van der Waals surface area contributed by atoms with E-state index in [-0.39, 0.29) is 17.2 Å². The van der Waals surface area contributed by atoms with E-state index in [0.717, 1.165) is 39.2 Å². The number of anilines is 1. The maximum atomic E-state index is 14.0. The number of fused-ring (bicyclic) bond motifs is 1. The number of nitrogens with one attached hydrogen (secondary N) is 1. The molecule has 1 saturated carbocycles. The van der Waals surface area contributed by atoms with Crippen LogP contribution in [0.2, 0.25) is 25.7 Å². The van der Waals surface area contributed by atoms with Crippen LogP contribution in [0.4, 0.5) is 10.1 Å². The summed E-state index contributed by atoms with van der Waals surface area (Å²) in [6, 6.07) is 12.1. The number of nitrogens with zero attached hydrogens (tertiary/aromatic N) is 2. The van der Waals surface area contributed by atoms with Crippen LogP contribution < -0.4 is 5.32 Å². The molecule has 1 aromatic heterocycles. The summed E-state index contributed by atoms with van der Waals surface area (Å²) in [7, 11) is -1.13. The quantitative estimate of drug-likeness (QED) is 0.148. The van der Waals surface area contributed by atoms with Gasteiger partial charge in [-0.1, -0.05) is 32.6 Å². The van der Waals surface area contributed by atoms with Crippen molar-refractivity contribution in [1.82, 2.24) is 9.78 Å². The molecule has 1 amide bonds. The molecule has 5 nitrogen and oxygen atoms in total. The van der Waals surface area contributed by atoms with E-state index >= 15 is 0 Å². The molecule has 0 radical (unpaired) electrons. The van der Waals surface area contributed by atoms with Crippen LogP contribution in [0.1, 0.15) is 30.4 Å². The van der Waals surface area contributed by atoms with E-state index in [9.17, 15) is 9.18 Å². The fourth-order valence-corrected chi connectivity index (χ4v) is 5.79. The summed E-state index contributed by atoms with van der Waals surface area (Å²) in [5.41, 5.74) is 3.53. The predicted molar refractivity (Wildman–Crippen MR) is 137 cm³/mol. The van der Waals surface area contributed by atoms with Crippen LogP contribution >= 0.6 is 22.6 Å². The van der Waals surface area contributed by atoms with Crippen molar-refractivity contribution >= 4 is 53.7 Å². The van der Waals surface area contributed by atoms with Crippen LogP contribution in [0.5, 0.6) is 0 Å². The Morgan fingerprint density at radius 3 is 2.81 bits per heavy atom. The average molecular weight is 566 g/mol. The number of carbonyl (C=O) groups is 1. The van der Waals surface area contributed by atoms with Crippen molar-refractivity contribution in [1.29, 1.82) is 0 Å². The van der Waals surface area contributed by atoms with Crippen LogP contribution in [0.15, 0.2) is 36.4 Å². The molecule has 1 aliphatic rings. The van der Waals surface area contributed by atoms with Crippen molar-refractivity contribution in [2.75, 3.05) is 11.9 Å². The lowest BCUT2D eigenvalue weighted by Gasteiger charge is -2.17. The van der Waals surface area contributed by atoms with Crippen LogP contribution in [0.3, 0.4) is 0 Å². The molecule has 1 heterocycles. The Morgan fingerprint density at radius 1 is 1.31 bits per heavy atom. The molecule has 2 aromatic carbocycles. The number of amides is 1. The molecular formula is C24H29FIN3O2Si. The monoisotopic (exact) mass is 565 g/mol. The first-order valence-electron chi connectivity index (χ1n) is 10.9. The lowest BCUT2D eigenvalue weighted by molar-refractivity contribution is -0.105. The first-order chi connectivity index (χ1) is 15.1. The van der Waals surface area contributed by atoms with E-state index in [2.05, 4.69) is 77.8 Å². The summed E-state index contributed by atoms with van der Waals surface area (Å²) in [6.07, 6.45) is 1.54. The van der Waals surface area contributed by atoms with Crippen molar-refractivity contribution in [2.45, 2.75) is 57.1 Å². The number of hydrogen-bond acceptors (Lipinski definition) is 3. The minimum Gasteiger partial charge on any atom is -0.360 e. The van der Waals surface area contributed by atoms with Crippen LogP contribution in [-0.2, 0) is 21.7 Å². The second-order valence-corrected chi connectivity index (χ2v) is 16.7. The number of rotatable bonds is 9. The molecule has 4 rings (SSSR count). The van der Waals surface area contributed by atoms with E-state index in [1.807, 2.05) is 4.68 Å². The van der Waals surface area contributed by atoms with Crippen molar-refractivity contribution in [2.24, 2.45) is 0 Å². The highest BCUT2D eigenvalue weighted by Gasteiger charge is 2.53. The van der Waals surface area contributed by atoms with Gasteiger partial charge in [-0.2, -0.15) is 5.10 Å². The third kappa shape index (κ3) is 4.77. The summed E-state index contributed by atoms with van der Waals surface area (Å²) < 4.78 is 22.9. The minimum atomic E-state index is -1.13. The summed E-state index contributed by atoms with van der Waals surface area (Å²) >= 11 is 2.27. The van der Waals surface area contributed by atoms with E-state index < -0.39 is 8.07 Å². The van der Waals surface area contributed by atoms with E-state index in [1.165, 1.54) is 11.6 Å². The fraction of sp³-hybridized carbons (Fsp3) is 0.417. The minimum absolute atomic E-state index is 0.229. The zero-order valence-electron chi connectivity index (χ0n) is 18.9. The van der Waals surface area contributed by atoms with Gasteiger partial charge in [-0.3, -0.25) is 4.79 Å². The molecule has 0 bridgehead atoms. The van der Waals surface area contributed by atoms with Crippen LogP contribution in [0.25, 0.3) is 10.9 Å². The Morgan fingerprint density at radius 2 is 2.09 bits per heavy atom. The number of ether oxygens (including phenoxy) is 1. The normalized spacial score (nSPS) is 20.5. The SMILES string of the molecule is C[C@]1(c2cc(F)ccc2NC=O)C[C@H]1c1ccc2c(I)nn(COCC[Si](C)(C)C)c2c1. The molecule has 0 aliphatic heterocycles. The third-order valence-corrected chi connectivity index (χ3v) is 8.89. The average Bonchev–Trinajstić information content (AvgIpc) is 3.33. The van der Waals surface area contributed by atoms with Gasteiger partial charge in [0.25, 0.3) is 0 Å². The summed E-state index contributed by atoms with van der Waals surface area (Å²) in [6.45, 7) is 10.3. The zero-order valence-corrected chi connectivity index (χ0v) is 22.1. The van der Waals surface area contributed by atoms with Gasteiger partial charge in [-0.15, -0.1) is 0 Å². The second-order valence-electron chi connectivity index (χ2n) is 10.0. The van der Waals surface area contributed by atoms with Gasteiger partial charge < -0.3 is 10.1 Å². The molecule has 0 saturated heterocycles. The van der Waals surface area contributed by atoms with Crippen molar-refractivity contribution in [3.63, 3.8) is 0 Å². The maximum absolute atomic E-state index is 14.0. The molecule has 1 N–H and O–H groups in total. The molecule has 2 atom stereocenters. The molecule has 0 spiro atoms. The highest BCUT2D eigenvalue weighted by molar-refractivity contribution is 14.1. The molecule has 8 heteroatoms. The smallest absolute Gasteiger partial charge is 0.211 e. The molecule has 170 valence electrons. The van der Waals surface area contributed by atoms with Gasteiger partial charge in [-0.25, -0.2) is 9.07 Å². The molecule has 1 fully saturated rings. The van der Waals surface area contributed by atoms with Crippen molar-refractivity contribution < 1.29 is 13.9 Å². The number of halogens is 2. The second kappa shape index (κ2) is 8.87. The molecule has 1 aliphatic carbocycles. The van der Waals surface area contributed by atoms with Gasteiger partial charge in [-0.05, 0) is 82.4 Å². The Bertz CT molecular complexity index is 1160. The summed E-state index contributed by atoms with van der Waals surface area (Å²) in [4.78, 5) is 11.0. The van der Waals surface area contributed by atoms with Crippen molar-refractivity contribution in [3.05, 3.63) is 57.0 Å². The molecule has 32 heavy (non-hydrogen) atoms. The van der Waals surface area contributed by atoms with E-state index in [4.69, 9.17) is 4.74 Å². The van der Waals surface area contributed by atoms with E-state index in [0.29, 0.717) is 18.8 Å². The zero-order chi connectivity index (χ0) is 23.1. The predicted octanol–water partition coefficient (Wildman–Crippen LogP) is 6.11. The van der Waals surface area contributed by atoms with Gasteiger partial charge >= 0.3 is 0 Å². The summed E-state index contributed by atoms with van der Waals surface area (Å²) in [5, 5.41) is 8.52. The number of hydrogen-bond donors (Lipinski definition) is 1. The largest absolute Gasteiger partial charge is 0.360 e. The Kier molecular flexibility index (Phi) is 6.48. The third-order valence-electron chi connectivity index (χ3n) is 6.39. The highest BCUT2D eigenvalue weighted by Crippen LogP contribution is 2.61. The van der Waals surface area contributed by atoms with Gasteiger partial charge in [0.2, 0.25) is 6.41 Å². The van der Waals surface area contributed by atoms with E-state index in [1.54, 1.807) is 12.1 Å². The maximum Gasteiger partial charge on any atom is 0.211 e. The van der Waals surface area contributed by atoms with Gasteiger partial charge in [0.05, 0.1) is 5.52 Å². The first kappa shape index (κ1) is 23.4. The number of aromatic nitrogens is 2. The topological polar surface area (TPSA) is 56.2 Å². The molecule has 0 unspecified atom stereocenters. The first-order valence-corrected chi connectivity index (χ1v) is 15.6. The Balaban J connectivity index is 1.59.